The van der Waals surface area contributed by atoms with E-state index in [4.69, 9.17) is 5.11 Å². The minimum Gasteiger partial charge on any atom is -0.481 e. The third-order valence-electron chi connectivity index (χ3n) is 3.65. The number of allylic oxidation sites excluding steroid dienone is 2. The second-order valence-corrected chi connectivity index (χ2v) is 5.73. The van der Waals surface area contributed by atoms with E-state index in [9.17, 15) is 4.79 Å². The normalized spacial score (nSPS) is 10.7. The van der Waals surface area contributed by atoms with Gasteiger partial charge in [0.05, 0.1) is 0 Å². The SMILES string of the molecule is CCCC/C=C\CCCCCCCCCCCC(=O)O.Cl. The minimum absolute atomic E-state index is 0. The van der Waals surface area contributed by atoms with Crippen molar-refractivity contribution in [3.63, 3.8) is 0 Å². The summed E-state index contributed by atoms with van der Waals surface area (Å²) in [5, 5.41) is 8.51. The Morgan fingerprint density at radius 3 is 1.67 bits per heavy atom. The number of carboxylic acid groups (broad SMARTS) is 1. The quantitative estimate of drug-likeness (QED) is 0.275. The molecule has 0 aromatic heterocycles. The lowest BCUT2D eigenvalue weighted by Gasteiger charge is -2.01. The Hall–Kier alpha value is -0.500. The van der Waals surface area contributed by atoms with Crippen LogP contribution in [0.3, 0.4) is 0 Å². The first-order valence-corrected chi connectivity index (χ1v) is 8.64. The highest BCUT2D eigenvalue weighted by molar-refractivity contribution is 5.85. The van der Waals surface area contributed by atoms with E-state index in [0.29, 0.717) is 6.42 Å². The summed E-state index contributed by atoms with van der Waals surface area (Å²) in [6.07, 6.45) is 21.2. The molecule has 3 heteroatoms. The van der Waals surface area contributed by atoms with Gasteiger partial charge in [0.2, 0.25) is 0 Å². The van der Waals surface area contributed by atoms with E-state index < -0.39 is 5.97 Å². The lowest BCUT2D eigenvalue weighted by molar-refractivity contribution is -0.137. The van der Waals surface area contributed by atoms with Crippen LogP contribution in [-0.4, -0.2) is 11.1 Å². The van der Waals surface area contributed by atoms with Crippen LogP contribution in [0, 0.1) is 0 Å². The zero-order valence-electron chi connectivity index (χ0n) is 13.8. The first kappa shape index (κ1) is 22.8. The second-order valence-electron chi connectivity index (χ2n) is 5.73. The van der Waals surface area contributed by atoms with E-state index in [1.54, 1.807) is 0 Å². The number of hydrogen-bond donors (Lipinski definition) is 1. The van der Waals surface area contributed by atoms with Crippen LogP contribution in [0.15, 0.2) is 12.2 Å². The summed E-state index contributed by atoms with van der Waals surface area (Å²) in [5.74, 6) is -0.659. The van der Waals surface area contributed by atoms with Gasteiger partial charge in [0.1, 0.15) is 0 Å². The van der Waals surface area contributed by atoms with Crippen molar-refractivity contribution in [2.45, 2.75) is 96.8 Å². The van der Waals surface area contributed by atoms with Crippen LogP contribution < -0.4 is 0 Å². The molecule has 0 saturated carbocycles. The van der Waals surface area contributed by atoms with Crippen LogP contribution in [0.5, 0.6) is 0 Å². The van der Waals surface area contributed by atoms with Gasteiger partial charge in [-0.3, -0.25) is 4.79 Å². The summed E-state index contributed by atoms with van der Waals surface area (Å²) < 4.78 is 0. The number of halogens is 1. The fourth-order valence-electron chi connectivity index (χ4n) is 2.33. The van der Waals surface area contributed by atoms with Crippen LogP contribution in [0.4, 0.5) is 0 Å². The Labute approximate surface area is 137 Å². The molecule has 126 valence electrons. The molecule has 0 aliphatic heterocycles. The standard InChI is InChI=1S/C18H34O2.ClH/c1-2-3-4-5-6-7-8-9-10-11-12-13-14-15-16-17-18(19)20;/h5-6H,2-4,7-17H2,1H3,(H,19,20);1H/b6-5-;. The molecule has 0 bridgehead atoms. The molecule has 0 unspecified atom stereocenters. The van der Waals surface area contributed by atoms with Crippen LogP contribution >= 0.6 is 12.4 Å². The molecule has 0 saturated heterocycles. The molecular weight excluding hydrogens is 284 g/mol. The molecule has 0 spiro atoms. The minimum atomic E-state index is -0.659. The highest BCUT2D eigenvalue weighted by Gasteiger charge is 1.96. The largest absolute Gasteiger partial charge is 0.481 e. The predicted octanol–water partition coefficient (Wildman–Crippen LogP) is 6.53. The smallest absolute Gasteiger partial charge is 0.303 e. The van der Waals surface area contributed by atoms with Gasteiger partial charge in [-0.05, 0) is 25.7 Å². The van der Waals surface area contributed by atoms with Gasteiger partial charge < -0.3 is 5.11 Å². The lowest BCUT2D eigenvalue weighted by Crippen LogP contribution is -1.93. The zero-order chi connectivity index (χ0) is 14.9. The summed E-state index contributed by atoms with van der Waals surface area (Å²) in [4.78, 5) is 10.3. The maximum Gasteiger partial charge on any atom is 0.303 e. The van der Waals surface area contributed by atoms with Crippen molar-refractivity contribution in [3.05, 3.63) is 12.2 Å². The average molecular weight is 319 g/mol. The summed E-state index contributed by atoms with van der Waals surface area (Å²) in [5.41, 5.74) is 0. The van der Waals surface area contributed by atoms with Gasteiger partial charge in [-0.15, -0.1) is 12.4 Å². The van der Waals surface area contributed by atoms with Gasteiger partial charge in [-0.2, -0.15) is 0 Å². The molecule has 0 aliphatic carbocycles. The van der Waals surface area contributed by atoms with Gasteiger partial charge in [-0.1, -0.05) is 76.9 Å². The molecule has 0 aliphatic rings. The second kappa shape index (κ2) is 19.5. The molecule has 0 atom stereocenters. The summed E-state index contributed by atoms with van der Waals surface area (Å²) in [6, 6.07) is 0. The van der Waals surface area contributed by atoms with Crippen molar-refractivity contribution in [1.29, 1.82) is 0 Å². The fraction of sp³-hybridized carbons (Fsp3) is 0.833. The van der Waals surface area contributed by atoms with Crippen LogP contribution in [0.25, 0.3) is 0 Å². The van der Waals surface area contributed by atoms with Gasteiger partial charge in [0.15, 0.2) is 0 Å². The number of unbranched alkanes of at least 4 members (excludes halogenated alkanes) is 11. The van der Waals surface area contributed by atoms with Crippen molar-refractivity contribution in [1.82, 2.24) is 0 Å². The van der Waals surface area contributed by atoms with Crippen molar-refractivity contribution in [2.75, 3.05) is 0 Å². The van der Waals surface area contributed by atoms with E-state index in [1.807, 2.05) is 0 Å². The third-order valence-corrected chi connectivity index (χ3v) is 3.65. The van der Waals surface area contributed by atoms with Crippen LogP contribution in [0.1, 0.15) is 96.8 Å². The number of aliphatic carboxylic acids is 1. The summed E-state index contributed by atoms with van der Waals surface area (Å²) >= 11 is 0. The van der Waals surface area contributed by atoms with Gasteiger partial charge >= 0.3 is 5.97 Å². The number of rotatable bonds is 15. The molecule has 21 heavy (non-hydrogen) atoms. The first-order chi connectivity index (χ1) is 9.77. The average Bonchev–Trinajstić information content (AvgIpc) is 2.43. The molecule has 2 nitrogen and oxygen atoms in total. The lowest BCUT2D eigenvalue weighted by atomic mass is 10.1. The molecule has 1 N–H and O–H groups in total. The first-order valence-electron chi connectivity index (χ1n) is 8.64. The fourth-order valence-corrected chi connectivity index (χ4v) is 2.33. The van der Waals surface area contributed by atoms with E-state index in [2.05, 4.69) is 19.1 Å². The Bertz CT molecular complexity index is 239. The van der Waals surface area contributed by atoms with Crippen molar-refractivity contribution in [2.24, 2.45) is 0 Å². The Morgan fingerprint density at radius 2 is 1.19 bits per heavy atom. The Kier molecular flexibility index (Phi) is 21.1. The van der Waals surface area contributed by atoms with E-state index in [-0.39, 0.29) is 12.4 Å². The maximum atomic E-state index is 10.3. The number of hydrogen-bond acceptors (Lipinski definition) is 1. The predicted molar refractivity (Wildman–Crippen MR) is 94.3 cm³/mol. The van der Waals surface area contributed by atoms with Crippen molar-refractivity contribution >= 4 is 18.4 Å². The molecule has 0 radical (unpaired) electrons. The topological polar surface area (TPSA) is 37.3 Å². The van der Waals surface area contributed by atoms with Crippen molar-refractivity contribution in [3.8, 4) is 0 Å². The van der Waals surface area contributed by atoms with Crippen LogP contribution in [0.2, 0.25) is 0 Å². The van der Waals surface area contributed by atoms with Gasteiger partial charge in [0.25, 0.3) is 0 Å². The summed E-state index contributed by atoms with van der Waals surface area (Å²) in [7, 11) is 0. The Morgan fingerprint density at radius 1 is 0.762 bits per heavy atom. The highest BCUT2D eigenvalue weighted by atomic mass is 35.5. The number of carbonyl (C=O) groups is 1. The summed E-state index contributed by atoms with van der Waals surface area (Å²) in [6.45, 7) is 2.24. The maximum absolute atomic E-state index is 10.3. The molecule has 0 aromatic carbocycles. The molecular formula is C18H35ClO2. The Balaban J connectivity index is 0. The molecule has 0 amide bonds. The van der Waals surface area contributed by atoms with Crippen LogP contribution in [-0.2, 0) is 4.79 Å². The number of carboxylic acids is 1. The van der Waals surface area contributed by atoms with E-state index in [1.165, 1.54) is 70.6 Å². The zero-order valence-corrected chi connectivity index (χ0v) is 14.6. The molecule has 0 rings (SSSR count). The molecule has 0 fully saturated rings. The monoisotopic (exact) mass is 318 g/mol. The van der Waals surface area contributed by atoms with Crippen molar-refractivity contribution < 1.29 is 9.90 Å². The molecule has 0 aromatic rings. The van der Waals surface area contributed by atoms with Gasteiger partial charge in [0, 0.05) is 6.42 Å². The van der Waals surface area contributed by atoms with Gasteiger partial charge in [-0.25, -0.2) is 0 Å². The molecule has 0 heterocycles. The van der Waals surface area contributed by atoms with E-state index in [0.717, 1.165) is 12.8 Å². The highest BCUT2D eigenvalue weighted by Crippen LogP contribution is 2.11. The van der Waals surface area contributed by atoms with E-state index >= 15 is 0 Å². The third kappa shape index (κ3) is 21.9.